The second-order valence-electron chi connectivity index (χ2n) is 5.69. The van der Waals surface area contributed by atoms with E-state index in [0.29, 0.717) is 6.54 Å². The summed E-state index contributed by atoms with van der Waals surface area (Å²) in [5.41, 5.74) is 6.44. The third-order valence-electron chi connectivity index (χ3n) is 4.07. The number of thiocarbonyl (C=S) groups is 1. The van der Waals surface area contributed by atoms with Gasteiger partial charge in [0.1, 0.15) is 11.9 Å². The molecule has 23 heavy (non-hydrogen) atoms. The molecule has 0 aliphatic carbocycles. The molecule has 8 heteroatoms. The normalized spacial score (nSPS) is 20.7. The first kappa shape index (κ1) is 15.8. The van der Waals surface area contributed by atoms with E-state index in [9.17, 15) is 9.18 Å². The van der Waals surface area contributed by atoms with Gasteiger partial charge in [0.2, 0.25) is 0 Å². The van der Waals surface area contributed by atoms with Crippen molar-refractivity contribution in [2.45, 2.75) is 18.9 Å². The first-order valence-corrected chi connectivity index (χ1v) is 8.01. The van der Waals surface area contributed by atoms with Gasteiger partial charge in [-0.3, -0.25) is 4.90 Å². The van der Waals surface area contributed by atoms with Crippen LogP contribution in [0.5, 0.6) is 0 Å². The molecule has 1 amide bonds. The number of halogens is 1. The number of anilines is 2. The molecule has 1 aromatic rings. The van der Waals surface area contributed by atoms with Gasteiger partial charge in [-0.05, 0) is 43.3 Å². The summed E-state index contributed by atoms with van der Waals surface area (Å²) in [4.78, 5) is 15.4. The van der Waals surface area contributed by atoms with Gasteiger partial charge < -0.3 is 20.7 Å². The van der Waals surface area contributed by atoms with Crippen LogP contribution < -0.4 is 20.9 Å². The topological polar surface area (TPSA) is 70.8 Å². The minimum Gasteiger partial charge on any atom is -0.442 e. The number of nitrogens with zero attached hydrogens (tertiary/aromatic N) is 2. The Morgan fingerprint density at radius 2 is 2.17 bits per heavy atom. The largest absolute Gasteiger partial charge is 0.442 e. The van der Waals surface area contributed by atoms with Crippen LogP contribution in [0.4, 0.5) is 20.6 Å². The predicted octanol–water partition coefficient (Wildman–Crippen LogP) is 1.58. The summed E-state index contributed by atoms with van der Waals surface area (Å²) in [5, 5.41) is 2.89. The minimum atomic E-state index is -0.562. The summed E-state index contributed by atoms with van der Waals surface area (Å²) in [6, 6.07) is 4.96. The third-order valence-corrected chi connectivity index (χ3v) is 4.22. The maximum Gasteiger partial charge on any atom is 0.414 e. The van der Waals surface area contributed by atoms with Crippen molar-refractivity contribution >= 4 is 34.8 Å². The molecule has 0 aromatic heterocycles. The number of rotatable bonds is 4. The molecule has 1 atom stereocenters. The van der Waals surface area contributed by atoms with Crippen molar-refractivity contribution in [3.63, 3.8) is 0 Å². The number of nitrogens with two attached hydrogens (primary N) is 1. The van der Waals surface area contributed by atoms with E-state index in [1.54, 1.807) is 6.07 Å². The monoisotopic (exact) mass is 338 g/mol. The van der Waals surface area contributed by atoms with E-state index in [0.717, 1.165) is 31.6 Å². The van der Waals surface area contributed by atoms with Crippen molar-refractivity contribution < 1.29 is 13.9 Å². The van der Waals surface area contributed by atoms with E-state index in [-0.39, 0.29) is 17.3 Å². The van der Waals surface area contributed by atoms with Gasteiger partial charge in [0, 0.05) is 18.8 Å². The second kappa shape index (κ2) is 6.57. The molecule has 0 spiro atoms. The van der Waals surface area contributed by atoms with Gasteiger partial charge in [0.15, 0.2) is 5.11 Å². The zero-order chi connectivity index (χ0) is 16.4. The van der Waals surface area contributed by atoms with Gasteiger partial charge >= 0.3 is 6.09 Å². The Bertz CT molecular complexity index is 621. The molecule has 124 valence electrons. The molecule has 0 radical (unpaired) electrons. The van der Waals surface area contributed by atoms with Crippen molar-refractivity contribution in [2.75, 3.05) is 36.0 Å². The fourth-order valence-corrected chi connectivity index (χ4v) is 3.01. The summed E-state index contributed by atoms with van der Waals surface area (Å²) in [6.07, 6.45) is 1.27. The first-order chi connectivity index (χ1) is 11.0. The van der Waals surface area contributed by atoms with Crippen LogP contribution >= 0.6 is 12.2 Å². The number of carbonyl (C=O) groups is 1. The quantitative estimate of drug-likeness (QED) is 0.813. The summed E-state index contributed by atoms with van der Waals surface area (Å²) in [6.45, 7) is 2.45. The van der Waals surface area contributed by atoms with Crippen molar-refractivity contribution in [2.24, 2.45) is 5.73 Å². The number of benzene rings is 1. The summed E-state index contributed by atoms with van der Waals surface area (Å²) < 4.78 is 19.6. The SMILES string of the molecule is NC(=S)NC[C@H]1CN(c2ccc(N3CCCC3)cc2F)C(=O)O1. The number of ether oxygens (including phenoxy) is 1. The van der Waals surface area contributed by atoms with Crippen LogP contribution in [0.1, 0.15) is 12.8 Å². The molecule has 1 aromatic carbocycles. The number of hydrogen-bond donors (Lipinski definition) is 2. The summed E-state index contributed by atoms with van der Waals surface area (Å²) in [5.74, 6) is -0.422. The van der Waals surface area contributed by atoms with Crippen LogP contribution in [0.3, 0.4) is 0 Å². The average Bonchev–Trinajstić information content (AvgIpc) is 3.15. The lowest BCUT2D eigenvalue weighted by molar-refractivity contribution is 0.143. The molecular weight excluding hydrogens is 319 g/mol. The number of cyclic esters (lactones) is 1. The van der Waals surface area contributed by atoms with Gasteiger partial charge in [0.05, 0.1) is 18.8 Å². The zero-order valence-corrected chi connectivity index (χ0v) is 13.4. The Balaban J connectivity index is 1.71. The zero-order valence-electron chi connectivity index (χ0n) is 12.6. The predicted molar refractivity (Wildman–Crippen MR) is 90.3 cm³/mol. The van der Waals surface area contributed by atoms with E-state index >= 15 is 0 Å². The Labute approximate surface area is 139 Å². The molecule has 2 fully saturated rings. The molecule has 2 aliphatic rings. The van der Waals surface area contributed by atoms with Crippen LogP contribution in [0, 0.1) is 5.82 Å². The van der Waals surface area contributed by atoms with Crippen molar-refractivity contribution in [3.05, 3.63) is 24.0 Å². The van der Waals surface area contributed by atoms with E-state index in [2.05, 4.69) is 10.2 Å². The smallest absolute Gasteiger partial charge is 0.414 e. The lowest BCUT2D eigenvalue weighted by atomic mass is 10.2. The van der Waals surface area contributed by atoms with Gasteiger partial charge in [-0.15, -0.1) is 0 Å². The van der Waals surface area contributed by atoms with Crippen LogP contribution in [0.2, 0.25) is 0 Å². The molecule has 0 unspecified atom stereocenters. The van der Waals surface area contributed by atoms with E-state index in [4.69, 9.17) is 22.7 Å². The van der Waals surface area contributed by atoms with Gasteiger partial charge in [-0.2, -0.15) is 0 Å². The molecule has 6 nitrogen and oxygen atoms in total. The Kier molecular flexibility index (Phi) is 4.51. The fraction of sp³-hybridized carbons (Fsp3) is 0.467. The lowest BCUT2D eigenvalue weighted by Gasteiger charge is -2.20. The molecule has 3 N–H and O–H groups in total. The molecule has 3 rings (SSSR count). The minimum absolute atomic E-state index is 0.139. The van der Waals surface area contributed by atoms with Gasteiger partial charge in [0.25, 0.3) is 0 Å². The standard InChI is InChI=1S/C15H19FN4O2S/c16-12-7-10(19-5-1-2-6-19)3-4-13(12)20-9-11(22-15(20)21)8-18-14(17)23/h3-4,7,11H,1-2,5-6,8-9H2,(H3,17,18,23)/t11-/m0/s1. The molecule has 2 aliphatic heterocycles. The highest BCUT2D eigenvalue weighted by molar-refractivity contribution is 7.80. The Hall–Kier alpha value is -2.09. The Morgan fingerprint density at radius 3 is 2.83 bits per heavy atom. The van der Waals surface area contributed by atoms with Crippen LogP contribution in [0.15, 0.2) is 18.2 Å². The molecular formula is C15H19FN4O2S. The number of hydrogen-bond acceptors (Lipinski definition) is 4. The average molecular weight is 338 g/mol. The third kappa shape index (κ3) is 3.47. The second-order valence-corrected chi connectivity index (χ2v) is 6.13. The van der Waals surface area contributed by atoms with Crippen LogP contribution in [-0.2, 0) is 4.74 Å². The lowest BCUT2D eigenvalue weighted by Crippen LogP contribution is -2.37. The van der Waals surface area contributed by atoms with Crippen LogP contribution in [0.25, 0.3) is 0 Å². The van der Waals surface area contributed by atoms with Gasteiger partial charge in [-0.25, -0.2) is 9.18 Å². The van der Waals surface area contributed by atoms with Crippen molar-refractivity contribution in [1.29, 1.82) is 0 Å². The molecule has 2 saturated heterocycles. The van der Waals surface area contributed by atoms with E-state index < -0.39 is 18.0 Å². The highest BCUT2D eigenvalue weighted by Gasteiger charge is 2.33. The fourth-order valence-electron chi connectivity index (χ4n) is 2.93. The van der Waals surface area contributed by atoms with E-state index in [1.165, 1.54) is 11.0 Å². The molecule has 0 saturated carbocycles. The first-order valence-electron chi connectivity index (χ1n) is 7.60. The molecule has 2 heterocycles. The van der Waals surface area contributed by atoms with Gasteiger partial charge in [-0.1, -0.05) is 0 Å². The van der Waals surface area contributed by atoms with Crippen molar-refractivity contribution in [1.82, 2.24) is 5.32 Å². The number of carbonyl (C=O) groups excluding carboxylic acids is 1. The summed E-state index contributed by atoms with van der Waals surface area (Å²) >= 11 is 4.72. The number of amides is 1. The Morgan fingerprint density at radius 1 is 1.43 bits per heavy atom. The summed E-state index contributed by atoms with van der Waals surface area (Å²) in [7, 11) is 0. The highest BCUT2D eigenvalue weighted by Crippen LogP contribution is 2.29. The van der Waals surface area contributed by atoms with Crippen molar-refractivity contribution in [3.8, 4) is 0 Å². The van der Waals surface area contributed by atoms with E-state index in [1.807, 2.05) is 6.07 Å². The molecule has 0 bridgehead atoms. The number of nitrogens with one attached hydrogen (secondary N) is 1. The van der Waals surface area contributed by atoms with Crippen LogP contribution in [-0.4, -0.2) is 43.5 Å². The maximum absolute atomic E-state index is 14.4. The highest BCUT2D eigenvalue weighted by atomic mass is 32.1. The maximum atomic E-state index is 14.4.